The molecule has 7 heteroatoms. The van der Waals surface area contributed by atoms with Crippen molar-refractivity contribution in [3.05, 3.63) is 70.7 Å². The van der Waals surface area contributed by atoms with Gasteiger partial charge in [-0.05, 0) is 17.7 Å². The van der Waals surface area contributed by atoms with E-state index in [1.807, 2.05) is 24.3 Å². The molecule has 3 aromatic rings. The number of nitrogens with one attached hydrogen (secondary N) is 1. The van der Waals surface area contributed by atoms with E-state index in [-0.39, 0.29) is 17.9 Å². The van der Waals surface area contributed by atoms with Crippen molar-refractivity contribution in [2.75, 3.05) is 12.0 Å². The number of carbonyl (C=O) groups is 1. The monoisotopic (exact) mass is 392 g/mol. The Hall–Kier alpha value is -3.19. The molecule has 1 aliphatic rings. The topological polar surface area (TPSA) is 91.3 Å². The summed E-state index contributed by atoms with van der Waals surface area (Å²) in [5.74, 6) is 0.976. The SMILES string of the molecule is COc1ccccc1[C@H]1c2c(n[nH]c2C(C)(C)C)C(=O)N1c1ccc(CO)cn1. The van der Waals surface area contributed by atoms with Crippen molar-refractivity contribution in [1.29, 1.82) is 0 Å². The summed E-state index contributed by atoms with van der Waals surface area (Å²) in [6.07, 6.45) is 1.58. The van der Waals surface area contributed by atoms with Gasteiger partial charge in [-0.2, -0.15) is 5.10 Å². The van der Waals surface area contributed by atoms with Gasteiger partial charge in [-0.1, -0.05) is 45.0 Å². The van der Waals surface area contributed by atoms with Crippen LogP contribution in [0.1, 0.15) is 59.7 Å². The van der Waals surface area contributed by atoms with Crippen LogP contribution in [0.25, 0.3) is 0 Å². The molecule has 1 aromatic carbocycles. The normalized spacial score (nSPS) is 16.2. The lowest BCUT2D eigenvalue weighted by Gasteiger charge is -2.28. The second kappa shape index (κ2) is 7.00. The van der Waals surface area contributed by atoms with Gasteiger partial charge < -0.3 is 9.84 Å². The molecule has 3 heterocycles. The van der Waals surface area contributed by atoms with Crippen LogP contribution < -0.4 is 9.64 Å². The first-order valence-corrected chi connectivity index (χ1v) is 9.47. The molecule has 0 unspecified atom stereocenters. The van der Waals surface area contributed by atoms with Gasteiger partial charge in [0.25, 0.3) is 5.91 Å². The number of H-pyrrole nitrogens is 1. The Kier molecular flexibility index (Phi) is 4.62. The smallest absolute Gasteiger partial charge is 0.281 e. The van der Waals surface area contributed by atoms with Gasteiger partial charge in [0.15, 0.2) is 5.69 Å². The molecule has 150 valence electrons. The summed E-state index contributed by atoms with van der Waals surface area (Å²) >= 11 is 0. The summed E-state index contributed by atoms with van der Waals surface area (Å²) in [6, 6.07) is 10.8. The number of hydrogen-bond acceptors (Lipinski definition) is 5. The molecule has 29 heavy (non-hydrogen) atoms. The number of anilines is 1. The number of aromatic nitrogens is 3. The molecule has 0 saturated carbocycles. The number of pyridine rings is 1. The first-order chi connectivity index (χ1) is 13.9. The van der Waals surface area contributed by atoms with Crippen molar-refractivity contribution in [2.24, 2.45) is 0 Å². The Bertz CT molecular complexity index is 1050. The first kappa shape index (κ1) is 19.1. The molecule has 0 saturated heterocycles. The Morgan fingerprint density at radius 3 is 2.59 bits per heavy atom. The van der Waals surface area contributed by atoms with E-state index in [0.717, 1.165) is 16.8 Å². The van der Waals surface area contributed by atoms with Gasteiger partial charge in [-0.15, -0.1) is 0 Å². The standard InChI is InChI=1S/C22H24N4O3/c1-22(2,3)20-17-18(24-25-20)21(28)26(16-10-9-13(12-27)11-23-16)19(17)14-7-5-6-8-15(14)29-4/h5-11,19,27H,12H2,1-4H3,(H,24,25)/t19-/m0/s1. The van der Waals surface area contributed by atoms with Crippen LogP contribution in [0.3, 0.4) is 0 Å². The van der Waals surface area contributed by atoms with Gasteiger partial charge in [0.05, 0.1) is 19.8 Å². The summed E-state index contributed by atoms with van der Waals surface area (Å²) in [5, 5.41) is 16.8. The van der Waals surface area contributed by atoms with Gasteiger partial charge in [0.2, 0.25) is 0 Å². The average Bonchev–Trinajstić information content (AvgIpc) is 3.27. The van der Waals surface area contributed by atoms with Gasteiger partial charge >= 0.3 is 0 Å². The third kappa shape index (κ3) is 3.07. The highest BCUT2D eigenvalue weighted by Gasteiger charge is 2.46. The molecule has 0 fully saturated rings. The van der Waals surface area contributed by atoms with Crippen molar-refractivity contribution >= 4 is 11.7 Å². The van der Waals surface area contributed by atoms with Gasteiger partial charge in [-0.25, -0.2) is 4.98 Å². The van der Waals surface area contributed by atoms with Crippen LogP contribution in [0.4, 0.5) is 5.82 Å². The molecular weight excluding hydrogens is 368 g/mol. The number of ether oxygens (including phenoxy) is 1. The van der Waals surface area contributed by atoms with Crippen LogP contribution in [0.15, 0.2) is 42.6 Å². The van der Waals surface area contributed by atoms with Crippen molar-refractivity contribution < 1.29 is 14.6 Å². The number of hydrogen-bond donors (Lipinski definition) is 2. The fourth-order valence-electron chi connectivity index (χ4n) is 3.79. The van der Waals surface area contributed by atoms with E-state index in [1.54, 1.807) is 30.3 Å². The predicted octanol–water partition coefficient (Wildman–Crippen LogP) is 3.35. The largest absolute Gasteiger partial charge is 0.496 e. The molecule has 1 atom stereocenters. The Morgan fingerprint density at radius 2 is 1.97 bits per heavy atom. The molecule has 0 aliphatic carbocycles. The van der Waals surface area contributed by atoms with Crippen molar-refractivity contribution in [3.63, 3.8) is 0 Å². The van der Waals surface area contributed by atoms with E-state index in [1.165, 1.54) is 0 Å². The van der Waals surface area contributed by atoms with Crippen molar-refractivity contribution in [2.45, 2.75) is 38.8 Å². The first-order valence-electron chi connectivity index (χ1n) is 9.47. The number of aliphatic hydroxyl groups excluding tert-OH is 1. The lowest BCUT2D eigenvalue weighted by molar-refractivity contribution is 0.0988. The quantitative estimate of drug-likeness (QED) is 0.710. The van der Waals surface area contributed by atoms with Crippen LogP contribution in [0.5, 0.6) is 5.75 Å². The van der Waals surface area contributed by atoms with Crippen LogP contribution >= 0.6 is 0 Å². The Labute approximate surface area is 169 Å². The lowest BCUT2D eigenvalue weighted by Crippen LogP contribution is -2.31. The van der Waals surface area contributed by atoms with E-state index < -0.39 is 6.04 Å². The molecular formula is C22H24N4O3. The molecule has 1 amide bonds. The number of aliphatic hydroxyl groups is 1. The summed E-state index contributed by atoms with van der Waals surface area (Å²) in [5.41, 5.74) is 3.47. The minimum atomic E-state index is -0.422. The van der Waals surface area contributed by atoms with Crippen LogP contribution in [-0.4, -0.2) is 33.3 Å². The van der Waals surface area contributed by atoms with Crippen molar-refractivity contribution in [3.8, 4) is 5.75 Å². The number of aromatic amines is 1. The summed E-state index contributed by atoms with van der Waals surface area (Å²) in [4.78, 5) is 19.5. The highest BCUT2D eigenvalue weighted by atomic mass is 16.5. The maximum absolute atomic E-state index is 13.4. The number of amides is 1. The van der Waals surface area contributed by atoms with Crippen LogP contribution in [-0.2, 0) is 12.0 Å². The zero-order valence-corrected chi connectivity index (χ0v) is 16.9. The third-order valence-corrected chi connectivity index (χ3v) is 5.18. The van der Waals surface area contributed by atoms with E-state index in [9.17, 15) is 9.90 Å². The molecule has 2 N–H and O–H groups in total. The highest BCUT2D eigenvalue weighted by Crippen LogP contribution is 2.46. The molecule has 7 nitrogen and oxygen atoms in total. The fourth-order valence-corrected chi connectivity index (χ4v) is 3.79. The maximum Gasteiger partial charge on any atom is 0.281 e. The van der Waals surface area contributed by atoms with Gasteiger partial charge in [0, 0.05) is 28.4 Å². The predicted molar refractivity (Wildman–Crippen MR) is 109 cm³/mol. The van der Waals surface area contributed by atoms with Gasteiger partial charge in [0.1, 0.15) is 11.6 Å². The lowest BCUT2D eigenvalue weighted by atomic mass is 9.85. The minimum Gasteiger partial charge on any atom is -0.496 e. The maximum atomic E-state index is 13.4. The molecule has 0 bridgehead atoms. The van der Waals surface area contributed by atoms with Gasteiger partial charge in [-0.3, -0.25) is 14.8 Å². The number of para-hydroxylation sites is 1. The Morgan fingerprint density at radius 1 is 1.21 bits per heavy atom. The fraction of sp³-hybridized carbons (Fsp3) is 0.318. The molecule has 4 rings (SSSR count). The van der Waals surface area contributed by atoms with Crippen molar-refractivity contribution in [1.82, 2.24) is 15.2 Å². The number of rotatable bonds is 4. The summed E-state index contributed by atoms with van der Waals surface area (Å²) < 4.78 is 5.61. The summed E-state index contributed by atoms with van der Waals surface area (Å²) in [7, 11) is 1.62. The number of benzene rings is 1. The second-order valence-electron chi connectivity index (χ2n) is 8.11. The number of fused-ring (bicyclic) bond motifs is 1. The number of methoxy groups -OCH3 is 1. The van der Waals surface area contributed by atoms with E-state index in [2.05, 4.69) is 36.0 Å². The molecule has 0 spiro atoms. The zero-order chi connectivity index (χ0) is 20.8. The zero-order valence-electron chi connectivity index (χ0n) is 16.9. The molecule has 0 radical (unpaired) electrons. The molecule has 1 aliphatic heterocycles. The second-order valence-corrected chi connectivity index (χ2v) is 8.11. The summed E-state index contributed by atoms with van der Waals surface area (Å²) in [6.45, 7) is 6.15. The average molecular weight is 392 g/mol. The van der Waals surface area contributed by atoms with Crippen LogP contribution in [0, 0.1) is 0 Å². The van der Waals surface area contributed by atoms with E-state index in [4.69, 9.17) is 4.74 Å². The van der Waals surface area contributed by atoms with E-state index >= 15 is 0 Å². The third-order valence-electron chi connectivity index (χ3n) is 5.18. The van der Waals surface area contributed by atoms with Crippen LogP contribution in [0.2, 0.25) is 0 Å². The minimum absolute atomic E-state index is 0.104. The Balaban J connectivity index is 1.95. The number of carbonyl (C=O) groups excluding carboxylic acids is 1. The molecule has 2 aromatic heterocycles. The van der Waals surface area contributed by atoms with E-state index in [0.29, 0.717) is 22.8 Å². The number of nitrogens with zero attached hydrogens (tertiary/aromatic N) is 3. The highest BCUT2D eigenvalue weighted by molar-refractivity contribution is 6.10.